The van der Waals surface area contributed by atoms with Crippen molar-refractivity contribution in [2.45, 2.75) is 39.3 Å². The summed E-state index contributed by atoms with van der Waals surface area (Å²) in [6, 6.07) is 11.1. The van der Waals surface area contributed by atoms with E-state index >= 15 is 0 Å². The van der Waals surface area contributed by atoms with Crippen LogP contribution in [0.5, 0.6) is 5.75 Å². The number of anilines is 1. The van der Waals surface area contributed by atoms with Crippen molar-refractivity contribution in [1.29, 1.82) is 0 Å². The number of ether oxygens (including phenoxy) is 2. The van der Waals surface area contributed by atoms with Crippen LogP contribution in [-0.4, -0.2) is 35.7 Å². The smallest absolute Gasteiger partial charge is 0.410 e. The predicted molar refractivity (Wildman–Crippen MR) is 107 cm³/mol. The Morgan fingerprint density at radius 1 is 1.10 bits per heavy atom. The Morgan fingerprint density at radius 2 is 1.83 bits per heavy atom. The highest BCUT2D eigenvalue weighted by Gasteiger charge is 2.25. The first kappa shape index (κ1) is 20.6. The highest BCUT2D eigenvalue weighted by atomic mass is 19.1. The molecular weight excluding hydrogens is 375 g/mol. The predicted octanol–water partition coefficient (Wildman–Crippen LogP) is 4.14. The molecule has 0 radical (unpaired) electrons. The number of carbonyl (C=O) groups is 2. The molecule has 3 rings (SSSR count). The van der Waals surface area contributed by atoms with Gasteiger partial charge in [-0.1, -0.05) is 6.07 Å². The molecule has 0 saturated heterocycles. The molecule has 0 bridgehead atoms. The van der Waals surface area contributed by atoms with Crippen LogP contribution in [0.4, 0.5) is 14.9 Å². The molecule has 29 heavy (non-hydrogen) atoms. The number of halogens is 1. The first-order valence-electron chi connectivity index (χ1n) is 9.47. The van der Waals surface area contributed by atoms with Crippen LogP contribution in [0.1, 0.15) is 31.9 Å². The molecule has 1 aliphatic rings. The zero-order valence-electron chi connectivity index (χ0n) is 16.8. The molecule has 0 fully saturated rings. The van der Waals surface area contributed by atoms with Gasteiger partial charge in [-0.25, -0.2) is 9.18 Å². The molecule has 6 nitrogen and oxygen atoms in total. The van der Waals surface area contributed by atoms with Gasteiger partial charge in [0, 0.05) is 18.8 Å². The van der Waals surface area contributed by atoms with Gasteiger partial charge in [-0.2, -0.15) is 0 Å². The maximum Gasteiger partial charge on any atom is 0.410 e. The second-order valence-electron chi connectivity index (χ2n) is 7.93. The van der Waals surface area contributed by atoms with Crippen molar-refractivity contribution in [3.63, 3.8) is 0 Å². The van der Waals surface area contributed by atoms with Gasteiger partial charge in [0.1, 0.15) is 17.2 Å². The second kappa shape index (κ2) is 8.51. The van der Waals surface area contributed by atoms with Gasteiger partial charge in [-0.3, -0.25) is 4.79 Å². The van der Waals surface area contributed by atoms with E-state index in [0.717, 1.165) is 17.5 Å². The monoisotopic (exact) mass is 400 g/mol. The zero-order valence-corrected chi connectivity index (χ0v) is 16.8. The van der Waals surface area contributed by atoms with E-state index in [1.165, 1.54) is 24.3 Å². The van der Waals surface area contributed by atoms with Crippen molar-refractivity contribution >= 4 is 17.7 Å². The van der Waals surface area contributed by atoms with Crippen molar-refractivity contribution in [2.24, 2.45) is 0 Å². The molecule has 0 atom stereocenters. The molecule has 154 valence electrons. The lowest BCUT2D eigenvalue weighted by atomic mass is 9.99. The Kier molecular flexibility index (Phi) is 6.06. The number of hydrogen-bond acceptors (Lipinski definition) is 4. The van der Waals surface area contributed by atoms with Crippen LogP contribution in [-0.2, 0) is 22.5 Å². The van der Waals surface area contributed by atoms with E-state index in [2.05, 4.69) is 5.32 Å². The summed E-state index contributed by atoms with van der Waals surface area (Å²) in [7, 11) is 0. The van der Waals surface area contributed by atoms with Crippen molar-refractivity contribution < 1.29 is 23.5 Å². The van der Waals surface area contributed by atoms with E-state index in [-0.39, 0.29) is 24.4 Å². The van der Waals surface area contributed by atoms with Crippen molar-refractivity contribution in [1.82, 2.24) is 4.90 Å². The quantitative estimate of drug-likeness (QED) is 0.838. The summed E-state index contributed by atoms with van der Waals surface area (Å²) in [5.41, 5.74) is 2.20. The first-order chi connectivity index (χ1) is 13.7. The summed E-state index contributed by atoms with van der Waals surface area (Å²) in [6.45, 7) is 6.35. The topological polar surface area (TPSA) is 67.9 Å². The van der Waals surface area contributed by atoms with Crippen LogP contribution in [0.2, 0.25) is 0 Å². The number of hydrogen-bond donors (Lipinski definition) is 1. The summed E-state index contributed by atoms with van der Waals surface area (Å²) in [4.78, 5) is 26.1. The molecule has 1 heterocycles. The standard InChI is InChI=1S/C22H25FN2O4/c1-22(2,3)29-21(27)25-11-10-15-4-7-18(12-16(15)13-25)24-20(26)14-28-19-8-5-17(23)6-9-19/h4-9,12H,10-11,13-14H2,1-3H3,(H,24,26). The number of nitrogens with zero attached hydrogens (tertiary/aromatic N) is 1. The van der Waals surface area contributed by atoms with Gasteiger partial charge < -0.3 is 19.7 Å². The third kappa shape index (κ3) is 5.94. The maximum absolute atomic E-state index is 12.9. The fourth-order valence-corrected chi connectivity index (χ4v) is 2.99. The van der Waals surface area contributed by atoms with Crippen LogP contribution < -0.4 is 10.1 Å². The average molecular weight is 400 g/mol. The zero-order chi connectivity index (χ0) is 21.0. The Morgan fingerprint density at radius 3 is 2.52 bits per heavy atom. The molecule has 2 amide bonds. The Balaban J connectivity index is 1.58. The number of benzene rings is 2. The summed E-state index contributed by atoms with van der Waals surface area (Å²) >= 11 is 0. The average Bonchev–Trinajstić information content (AvgIpc) is 2.65. The van der Waals surface area contributed by atoms with Crippen LogP contribution in [0, 0.1) is 5.82 Å². The number of carbonyl (C=O) groups excluding carboxylic acids is 2. The van der Waals surface area contributed by atoms with Gasteiger partial charge in [0.25, 0.3) is 5.91 Å². The van der Waals surface area contributed by atoms with Crippen LogP contribution in [0.3, 0.4) is 0 Å². The van der Waals surface area contributed by atoms with E-state index in [1.54, 1.807) is 4.90 Å². The number of rotatable bonds is 4. The molecular formula is C22H25FN2O4. The highest BCUT2D eigenvalue weighted by Crippen LogP contribution is 2.24. The number of amides is 2. The summed E-state index contributed by atoms with van der Waals surface area (Å²) in [5.74, 6) is -0.273. The molecule has 7 heteroatoms. The van der Waals surface area contributed by atoms with E-state index in [4.69, 9.17) is 9.47 Å². The van der Waals surface area contributed by atoms with Crippen LogP contribution >= 0.6 is 0 Å². The lowest BCUT2D eigenvalue weighted by molar-refractivity contribution is -0.118. The molecule has 0 saturated carbocycles. The molecule has 0 spiro atoms. The van der Waals surface area contributed by atoms with E-state index in [0.29, 0.717) is 24.5 Å². The van der Waals surface area contributed by atoms with Gasteiger partial charge in [-0.15, -0.1) is 0 Å². The van der Waals surface area contributed by atoms with Crippen molar-refractivity contribution in [3.05, 3.63) is 59.4 Å². The van der Waals surface area contributed by atoms with Gasteiger partial charge in [0.05, 0.1) is 0 Å². The van der Waals surface area contributed by atoms with Gasteiger partial charge in [0.2, 0.25) is 0 Å². The van der Waals surface area contributed by atoms with Gasteiger partial charge in [0.15, 0.2) is 6.61 Å². The fraction of sp³-hybridized carbons (Fsp3) is 0.364. The number of fused-ring (bicyclic) bond motifs is 1. The lowest BCUT2D eigenvalue weighted by Crippen LogP contribution is -2.39. The van der Waals surface area contributed by atoms with Crippen molar-refractivity contribution in [3.8, 4) is 5.75 Å². The molecule has 0 unspecified atom stereocenters. The third-order valence-corrected chi connectivity index (χ3v) is 4.34. The molecule has 1 N–H and O–H groups in total. The Hall–Kier alpha value is -3.09. The fourth-order valence-electron chi connectivity index (χ4n) is 2.99. The van der Waals surface area contributed by atoms with E-state index in [1.807, 2.05) is 39.0 Å². The summed E-state index contributed by atoms with van der Waals surface area (Å²) in [6.07, 6.45) is 0.390. The van der Waals surface area contributed by atoms with E-state index < -0.39 is 5.60 Å². The molecule has 0 aliphatic carbocycles. The van der Waals surface area contributed by atoms with Crippen LogP contribution in [0.25, 0.3) is 0 Å². The third-order valence-electron chi connectivity index (χ3n) is 4.34. The van der Waals surface area contributed by atoms with Gasteiger partial charge in [-0.05, 0) is 74.7 Å². The minimum Gasteiger partial charge on any atom is -0.484 e. The summed E-state index contributed by atoms with van der Waals surface area (Å²) < 4.78 is 23.7. The number of nitrogens with one attached hydrogen (secondary N) is 1. The van der Waals surface area contributed by atoms with E-state index in [9.17, 15) is 14.0 Å². The first-order valence-corrected chi connectivity index (χ1v) is 9.47. The van der Waals surface area contributed by atoms with Crippen molar-refractivity contribution in [2.75, 3.05) is 18.5 Å². The highest BCUT2D eigenvalue weighted by molar-refractivity contribution is 5.92. The molecule has 0 aromatic heterocycles. The lowest BCUT2D eigenvalue weighted by Gasteiger charge is -2.31. The Labute approximate surface area is 169 Å². The molecule has 2 aromatic carbocycles. The van der Waals surface area contributed by atoms with Gasteiger partial charge >= 0.3 is 6.09 Å². The summed E-state index contributed by atoms with van der Waals surface area (Å²) in [5, 5.41) is 2.78. The second-order valence-corrected chi connectivity index (χ2v) is 7.93. The minimum atomic E-state index is -0.544. The molecule has 1 aliphatic heterocycles. The van der Waals surface area contributed by atoms with Crippen LogP contribution in [0.15, 0.2) is 42.5 Å². The molecule has 2 aromatic rings. The Bertz CT molecular complexity index is 891. The SMILES string of the molecule is CC(C)(C)OC(=O)N1CCc2ccc(NC(=O)COc3ccc(F)cc3)cc2C1. The minimum absolute atomic E-state index is 0.188. The maximum atomic E-state index is 12.9. The largest absolute Gasteiger partial charge is 0.484 e. The normalized spacial score (nSPS) is 13.4.